The summed E-state index contributed by atoms with van der Waals surface area (Å²) < 4.78 is 36.7. The van der Waals surface area contributed by atoms with E-state index in [-0.39, 0.29) is 26.2 Å². The van der Waals surface area contributed by atoms with Gasteiger partial charge in [0.25, 0.3) is 5.91 Å². The molecule has 2 aliphatic heterocycles. The summed E-state index contributed by atoms with van der Waals surface area (Å²) in [5, 5.41) is 3.23. The van der Waals surface area contributed by atoms with Crippen LogP contribution in [-0.2, 0) is 14.3 Å². The lowest BCUT2D eigenvalue weighted by molar-refractivity contribution is -0.149. The van der Waals surface area contributed by atoms with Crippen LogP contribution in [0.15, 0.2) is 42.7 Å². The predicted molar refractivity (Wildman–Crippen MR) is 127 cm³/mol. The highest BCUT2D eigenvalue weighted by Crippen LogP contribution is 2.27. The van der Waals surface area contributed by atoms with Crippen molar-refractivity contribution in [3.63, 3.8) is 0 Å². The topological polar surface area (TPSA) is 92.7 Å². The van der Waals surface area contributed by atoms with Crippen LogP contribution >= 0.6 is 0 Å². The molecule has 9 nitrogen and oxygen atoms in total. The van der Waals surface area contributed by atoms with Gasteiger partial charge in [-0.3, -0.25) is 9.78 Å². The molecule has 11 heteroatoms. The van der Waals surface area contributed by atoms with E-state index in [1.807, 2.05) is 18.2 Å². The Morgan fingerprint density at radius 2 is 1.86 bits per heavy atom. The van der Waals surface area contributed by atoms with E-state index in [9.17, 15) is 13.6 Å². The average Bonchev–Trinajstić information content (AvgIpc) is 2.92. The fraction of sp³-hybridized carbons (Fsp3) is 0.417. The minimum absolute atomic E-state index is 0.0858. The molecule has 1 N–H and O–H groups in total. The number of nitrogens with one attached hydrogen (secondary N) is 1. The Balaban J connectivity index is 1.35. The third-order valence-corrected chi connectivity index (χ3v) is 6.13. The molecule has 3 aromatic rings. The van der Waals surface area contributed by atoms with E-state index < -0.39 is 18.4 Å². The molecule has 1 aromatic carbocycles. The Kier molecular flexibility index (Phi) is 6.96. The molecule has 0 spiro atoms. The van der Waals surface area contributed by atoms with Crippen molar-refractivity contribution in [1.82, 2.24) is 19.9 Å². The summed E-state index contributed by atoms with van der Waals surface area (Å²) in [5.74, 6) is -0.654. The molecule has 2 aliphatic rings. The number of anilines is 2. The monoisotopic (exact) mass is 484 g/mol. The van der Waals surface area contributed by atoms with E-state index in [1.54, 1.807) is 12.4 Å². The van der Waals surface area contributed by atoms with Crippen LogP contribution in [0.1, 0.15) is 0 Å². The SMILES string of the molecule is O=C(C(F)F)N1CCOC(CNc2nc(-c3ccc(N4CCOCC4)cc3)cc3nccnc23)C1. The van der Waals surface area contributed by atoms with Gasteiger partial charge < -0.3 is 24.6 Å². The van der Waals surface area contributed by atoms with Gasteiger partial charge in [0.15, 0.2) is 5.82 Å². The second-order valence-electron chi connectivity index (χ2n) is 8.39. The largest absolute Gasteiger partial charge is 0.378 e. The number of hydrogen-bond donors (Lipinski definition) is 1. The predicted octanol–water partition coefficient (Wildman–Crippen LogP) is 2.43. The van der Waals surface area contributed by atoms with Crippen molar-refractivity contribution in [2.45, 2.75) is 12.5 Å². The zero-order valence-corrected chi connectivity index (χ0v) is 19.1. The van der Waals surface area contributed by atoms with E-state index in [0.717, 1.165) is 48.1 Å². The summed E-state index contributed by atoms with van der Waals surface area (Å²) in [6, 6.07) is 10.1. The van der Waals surface area contributed by atoms with Gasteiger partial charge in [-0.05, 0) is 18.2 Å². The van der Waals surface area contributed by atoms with Crippen LogP contribution in [0.5, 0.6) is 0 Å². The maximum absolute atomic E-state index is 12.8. The van der Waals surface area contributed by atoms with Crippen molar-refractivity contribution >= 4 is 28.4 Å². The summed E-state index contributed by atoms with van der Waals surface area (Å²) in [6.45, 7) is 3.90. The first-order valence-electron chi connectivity index (χ1n) is 11.6. The number of hydrogen-bond acceptors (Lipinski definition) is 8. The van der Waals surface area contributed by atoms with Crippen molar-refractivity contribution in [2.24, 2.45) is 0 Å². The summed E-state index contributed by atoms with van der Waals surface area (Å²) in [4.78, 5) is 28.7. The Hall–Kier alpha value is -3.44. The number of fused-ring (bicyclic) bond motifs is 1. The van der Waals surface area contributed by atoms with Crippen molar-refractivity contribution in [2.75, 3.05) is 62.8 Å². The minimum Gasteiger partial charge on any atom is -0.378 e. The molecule has 2 saturated heterocycles. The van der Waals surface area contributed by atoms with Gasteiger partial charge in [0.2, 0.25) is 0 Å². The zero-order chi connectivity index (χ0) is 24.2. The number of carbonyl (C=O) groups excluding carboxylic acids is 1. The van der Waals surface area contributed by atoms with E-state index >= 15 is 0 Å². The van der Waals surface area contributed by atoms with Crippen LogP contribution in [0.2, 0.25) is 0 Å². The summed E-state index contributed by atoms with van der Waals surface area (Å²) in [7, 11) is 0. The van der Waals surface area contributed by atoms with Gasteiger partial charge in [0.05, 0.1) is 37.1 Å². The zero-order valence-electron chi connectivity index (χ0n) is 19.1. The molecule has 5 rings (SSSR count). The molecule has 0 radical (unpaired) electrons. The first-order valence-corrected chi connectivity index (χ1v) is 11.6. The smallest absolute Gasteiger partial charge is 0.315 e. The van der Waals surface area contributed by atoms with Crippen LogP contribution < -0.4 is 10.2 Å². The number of morpholine rings is 2. The number of nitrogens with zero attached hydrogens (tertiary/aromatic N) is 5. The maximum Gasteiger partial charge on any atom is 0.315 e. The minimum atomic E-state index is -3.02. The lowest BCUT2D eigenvalue weighted by atomic mass is 10.1. The summed E-state index contributed by atoms with van der Waals surface area (Å²) in [5.41, 5.74) is 4.07. The summed E-state index contributed by atoms with van der Waals surface area (Å²) in [6.07, 6.45) is -0.257. The normalized spacial score (nSPS) is 18.8. The molecule has 0 saturated carbocycles. The molecular formula is C24H26F2N6O3. The lowest BCUT2D eigenvalue weighted by Gasteiger charge is -2.33. The Bertz CT molecular complexity index is 1170. The molecule has 0 aliphatic carbocycles. The van der Waals surface area contributed by atoms with Crippen LogP contribution in [-0.4, -0.2) is 90.8 Å². The van der Waals surface area contributed by atoms with E-state index in [4.69, 9.17) is 14.5 Å². The fourth-order valence-electron chi connectivity index (χ4n) is 4.30. The third-order valence-electron chi connectivity index (χ3n) is 6.13. The molecule has 1 unspecified atom stereocenters. The highest BCUT2D eigenvalue weighted by atomic mass is 19.3. The summed E-state index contributed by atoms with van der Waals surface area (Å²) >= 11 is 0. The van der Waals surface area contributed by atoms with Gasteiger partial charge in [-0.2, -0.15) is 8.78 Å². The number of halogens is 2. The molecule has 1 atom stereocenters. The van der Waals surface area contributed by atoms with Crippen LogP contribution in [0.4, 0.5) is 20.3 Å². The van der Waals surface area contributed by atoms with Gasteiger partial charge in [0, 0.05) is 56.4 Å². The number of benzene rings is 1. The second kappa shape index (κ2) is 10.4. The maximum atomic E-state index is 12.8. The highest BCUT2D eigenvalue weighted by Gasteiger charge is 2.29. The molecule has 2 aromatic heterocycles. The van der Waals surface area contributed by atoms with Crippen molar-refractivity contribution in [1.29, 1.82) is 0 Å². The van der Waals surface area contributed by atoms with Crippen molar-refractivity contribution in [3.8, 4) is 11.3 Å². The van der Waals surface area contributed by atoms with E-state index in [1.165, 1.54) is 0 Å². The van der Waals surface area contributed by atoms with Gasteiger partial charge in [0.1, 0.15) is 5.52 Å². The van der Waals surface area contributed by atoms with E-state index in [2.05, 4.69) is 32.3 Å². The molecule has 184 valence electrons. The van der Waals surface area contributed by atoms with Gasteiger partial charge in [-0.15, -0.1) is 0 Å². The van der Waals surface area contributed by atoms with Crippen LogP contribution in [0.25, 0.3) is 22.3 Å². The Morgan fingerprint density at radius 3 is 2.63 bits per heavy atom. The highest BCUT2D eigenvalue weighted by molar-refractivity contribution is 5.88. The fourth-order valence-corrected chi connectivity index (χ4v) is 4.30. The molecule has 2 fully saturated rings. The number of amides is 1. The van der Waals surface area contributed by atoms with Gasteiger partial charge >= 0.3 is 6.43 Å². The quantitative estimate of drug-likeness (QED) is 0.571. The number of rotatable bonds is 6. The molecule has 4 heterocycles. The molecule has 0 bridgehead atoms. The van der Waals surface area contributed by atoms with Crippen LogP contribution in [0.3, 0.4) is 0 Å². The Labute approximate surface area is 201 Å². The first-order chi connectivity index (χ1) is 17.1. The lowest BCUT2D eigenvalue weighted by Crippen LogP contribution is -2.49. The van der Waals surface area contributed by atoms with Crippen LogP contribution in [0, 0.1) is 0 Å². The third kappa shape index (κ3) is 5.30. The number of aromatic nitrogens is 3. The first kappa shape index (κ1) is 23.3. The number of ether oxygens (including phenoxy) is 2. The standard InChI is InChI=1S/C24H26F2N6O3/c25-22(26)24(33)32-9-12-35-18(15-32)14-29-23-21-20(27-5-6-28-21)13-19(30-23)16-1-3-17(4-2-16)31-7-10-34-11-8-31/h1-6,13,18,22H,7-12,14-15H2,(H,29,30). The molecule has 35 heavy (non-hydrogen) atoms. The number of carbonyl (C=O) groups is 1. The molecule has 1 amide bonds. The van der Waals surface area contributed by atoms with Gasteiger partial charge in [-0.25, -0.2) is 9.97 Å². The van der Waals surface area contributed by atoms with E-state index in [0.29, 0.717) is 16.9 Å². The van der Waals surface area contributed by atoms with Crippen molar-refractivity contribution < 1.29 is 23.0 Å². The second-order valence-corrected chi connectivity index (χ2v) is 8.39. The molecular weight excluding hydrogens is 458 g/mol. The number of pyridine rings is 1. The Morgan fingerprint density at radius 1 is 1.09 bits per heavy atom. The van der Waals surface area contributed by atoms with Crippen molar-refractivity contribution in [3.05, 3.63) is 42.7 Å². The number of alkyl halides is 2. The van der Waals surface area contributed by atoms with Gasteiger partial charge in [-0.1, -0.05) is 12.1 Å². The average molecular weight is 485 g/mol.